The minimum Gasteiger partial charge on any atom is -0.464 e. The van der Waals surface area contributed by atoms with Crippen molar-refractivity contribution in [1.29, 1.82) is 0 Å². The Morgan fingerprint density at radius 1 is 1.71 bits per heavy atom. The summed E-state index contributed by atoms with van der Waals surface area (Å²) in [4.78, 5) is 11.1. The molecule has 1 rings (SSSR count). The van der Waals surface area contributed by atoms with Gasteiger partial charge in [-0.25, -0.2) is 9.48 Å². The average Bonchev–Trinajstić information content (AvgIpc) is 2.71. The highest BCUT2D eigenvalue weighted by Gasteiger charge is 2.22. The number of carbonyl (C=O) groups is 1. The Labute approximate surface area is 80.0 Å². The summed E-state index contributed by atoms with van der Waals surface area (Å²) in [5, 5.41) is 18.7. The zero-order chi connectivity index (χ0) is 10.6. The maximum Gasteiger partial charge on any atom is 0.358 e. The Morgan fingerprint density at radius 3 is 2.86 bits per heavy atom. The molecule has 14 heavy (non-hydrogen) atoms. The van der Waals surface area contributed by atoms with Gasteiger partial charge in [0.25, 0.3) is 0 Å². The lowest BCUT2D eigenvalue weighted by Gasteiger charge is -2.10. The lowest BCUT2D eigenvalue weighted by Crippen LogP contribution is -2.26. The van der Waals surface area contributed by atoms with Crippen molar-refractivity contribution in [2.75, 3.05) is 7.11 Å². The number of ether oxygens (including phenoxy) is 1. The molecular weight excluding hydrogens is 188 g/mol. The van der Waals surface area contributed by atoms with Gasteiger partial charge in [-0.15, -0.1) is 5.10 Å². The molecule has 1 unspecified atom stereocenters. The topological polar surface area (TPSA) is 89.6 Å². The van der Waals surface area contributed by atoms with Gasteiger partial charge in [0.15, 0.2) is 5.71 Å². The van der Waals surface area contributed by atoms with Crippen LogP contribution < -0.4 is 0 Å². The highest BCUT2D eigenvalue weighted by atomic mass is 16.5. The molecule has 7 heteroatoms. The zero-order valence-electron chi connectivity index (χ0n) is 7.78. The molecule has 0 spiro atoms. The number of hydrogen-bond donors (Lipinski definition) is 1. The van der Waals surface area contributed by atoms with E-state index < -0.39 is 12.0 Å². The number of rotatable bonds is 3. The van der Waals surface area contributed by atoms with Crippen LogP contribution in [0.15, 0.2) is 17.5 Å². The van der Waals surface area contributed by atoms with Crippen molar-refractivity contribution >= 4 is 11.7 Å². The SMILES string of the molecule is COC(=O)/C(=N/O)C(C)n1ccnn1. The largest absolute Gasteiger partial charge is 0.464 e. The molecule has 0 bridgehead atoms. The summed E-state index contributed by atoms with van der Waals surface area (Å²) in [5.74, 6) is -0.699. The molecule has 76 valence electrons. The molecule has 0 radical (unpaired) electrons. The molecule has 0 aliphatic rings. The second-order valence-corrected chi connectivity index (χ2v) is 2.54. The third-order valence-electron chi connectivity index (χ3n) is 1.74. The summed E-state index contributed by atoms with van der Waals surface area (Å²) in [5.41, 5.74) is -0.127. The van der Waals surface area contributed by atoms with E-state index in [2.05, 4.69) is 20.2 Å². The number of esters is 1. The normalized spacial score (nSPS) is 13.7. The fraction of sp³-hybridized carbons (Fsp3) is 0.429. The van der Waals surface area contributed by atoms with Gasteiger partial charge in [0.2, 0.25) is 0 Å². The number of carbonyl (C=O) groups excluding carboxylic acids is 1. The first-order chi connectivity index (χ1) is 6.70. The first-order valence-corrected chi connectivity index (χ1v) is 3.86. The van der Waals surface area contributed by atoms with Crippen LogP contribution in [0.2, 0.25) is 0 Å². The van der Waals surface area contributed by atoms with Crippen LogP contribution in [0.25, 0.3) is 0 Å². The molecule has 0 saturated heterocycles. The van der Waals surface area contributed by atoms with Crippen molar-refractivity contribution in [3.63, 3.8) is 0 Å². The summed E-state index contributed by atoms with van der Waals surface area (Å²) in [6, 6.07) is -0.519. The van der Waals surface area contributed by atoms with Crippen LogP contribution in [-0.2, 0) is 9.53 Å². The Kier molecular flexibility index (Phi) is 3.16. The maximum atomic E-state index is 11.1. The quantitative estimate of drug-likeness (QED) is 0.315. The van der Waals surface area contributed by atoms with Crippen LogP contribution in [-0.4, -0.2) is 39.0 Å². The number of nitrogens with zero attached hydrogens (tertiary/aromatic N) is 4. The van der Waals surface area contributed by atoms with E-state index in [4.69, 9.17) is 5.21 Å². The van der Waals surface area contributed by atoms with Crippen molar-refractivity contribution < 1.29 is 14.7 Å². The molecule has 1 aromatic rings. The number of aromatic nitrogens is 3. The van der Waals surface area contributed by atoms with Gasteiger partial charge in [0.1, 0.15) is 6.04 Å². The van der Waals surface area contributed by atoms with E-state index in [1.165, 1.54) is 18.0 Å². The van der Waals surface area contributed by atoms with Gasteiger partial charge < -0.3 is 9.94 Å². The van der Waals surface area contributed by atoms with Crippen LogP contribution in [0, 0.1) is 0 Å². The van der Waals surface area contributed by atoms with Crippen LogP contribution >= 0.6 is 0 Å². The lowest BCUT2D eigenvalue weighted by molar-refractivity contribution is -0.133. The van der Waals surface area contributed by atoms with Crippen LogP contribution in [0.3, 0.4) is 0 Å². The second-order valence-electron chi connectivity index (χ2n) is 2.54. The Balaban J connectivity index is 2.87. The van der Waals surface area contributed by atoms with Crippen molar-refractivity contribution in [3.8, 4) is 0 Å². The minimum absolute atomic E-state index is 0.127. The first kappa shape index (κ1) is 10.2. The summed E-state index contributed by atoms with van der Waals surface area (Å²) < 4.78 is 5.81. The first-order valence-electron chi connectivity index (χ1n) is 3.86. The van der Waals surface area contributed by atoms with Gasteiger partial charge in [-0.05, 0) is 6.92 Å². The predicted molar refractivity (Wildman–Crippen MR) is 46.0 cm³/mol. The molecule has 0 amide bonds. The second kappa shape index (κ2) is 4.35. The highest BCUT2D eigenvalue weighted by molar-refractivity contribution is 6.37. The monoisotopic (exact) mass is 198 g/mol. The van der Waals surface area contributed by atoms with Gasteiger partial charge >= 0.3 is 5.97 Å². The van der Waals surface area contributed by atoms with Gasteiger partial charge in [-0.2, -0.15) is 0 Å². The Bertz CT molecular complexity index is 333. The summed E-state index contributed by atoms with van der Waals surface area (Å²) in [7, 11) is 1.21. The maximum absolute atomic E-state index is 11.1. The molecule has 1 atom stereocenters. The fourth-order valence-electron chi connectivity index (χ4n) is 0.949. The van der Waals surface area contributed by atoms with Crippen molar-refractivity contribution in [2.45, 2.75) is 13.0 Å². The molecule has 0 fully saturated rings. The molecule has 0 saturated carbocycles. The Hall–Kier alpha value is -1.92. The number of hydrogen-bond acceptors (Lipinski definition) is 6. The lowest BCUT2D eigenvalue weighted by atomic mass is 10.2. The highest BCUT2D eigenvalue weighted by Crippen LogP contribution is 2.06. The van der Waals surface area contributed by atoms with Crippen molar-refractivity contribution in [2.24, 2.45) is 5.16 Å². The van der Waals surface area contributed by atoms with Gasteiger partial charge in [0.05, 0.1) is 13.3 Å². The molecule has 1 N–H and O–H groups in total. The van der Waals surface area contributed by atoms with Crippen molar-refractivity contribution in [1.82, 2.24) is 15.0 Å². The smallest absolute Gasteiger partial charge is 0.358 e. The number of methoxy groups -OCH3 is 1. The molecule has 0 aromatic carbocycles. The van der Waals surface area contributed by atoms with E-state index in [1.54, 1.807) is 13.1 Å². The van der Waals surface area contributed by atoms with E-state index in [9.17, 15) is 4.79 Å². The molecule has 0 aliphatic carbocycles. The third kappa shape index (κ3) is 1.87. The van der Waals surface area contributed by atoms with Gasteiger partial charge in [-0.1, -0.05) is 10.4 Å². The fourth-order valence-corrected chi connectivity index (χ4v) is 0.949. The van der Waals surface area contributed by atoms with Gasteiger partial charge in [-0.3, -0.25) is 0 Å². The van der Waals surface area contributed by atoms with Crippen LogP contribution in [0.1, 0.15) is 13.0 Å². The number of oxime groups is 1. The third-order valence-corrected chi connectivity index (χ3v) is 1.74. The molecular formula is C7H10N4O3. The Morgan fingerprint density at radius 2 is 2.43 bits per heavy atom. The minimum atomic E-state index is -0.699. The zero-order valence-corrected chi connectivity index (χ0v) is 7.78. The molecule has 0 aliphatic heterocycles. The van der Waals surface area contributed by atoms with E-state index in [0.29, 0.717) is 0 Å². The van der Waals surface area contributed by atoms with E-state index in [0.717, 1.165) is 0 Å². The summed E-state index contributed by atoms with van der Waals surface area (Å²) >= 11 is 0. The molecule has 1 heterocycles. The molecule has 1 aromatic heterocycles. The van der Waals surface area contributed by atoms with E-state index in [-0.39, 0.29) is 5.71 Å². The van der Waals surface area contributed by atoms with Crippen LogP contribution in [0.4, 0.5) is 0 Å². The summed E-state index contributed by atoms with van der Waals surface area (Å²) in [6.45, 7) is 1.64. The standard InChI is InChI=1S/C7H10N4O3/c1-5(11-4-3-8-10-11)6(9-13)7(12)14-2/h3-5,13H,1-2H3/b9-6+. The summed E-state index contributed by atoms with van der Waals surface area (Å²) in [6.07, 6.45) is 3.02. The van der Waals surface area contributed by atoms with Crippen LogP contribution in [0.5, 0.6) is 0 Å². The van der Waals surface area contributed by atoms with Gasteiger partial charge in [0, 0.05) is 6.20 Å². The van der Waals surface area contributed by atoms with Crippen molar-refractivity contribution in [3.05, 3.63) is 12.4 Å². The van der Waals surface area contributed by atoms with E-state index >= 15 is 0 Å². The van der Waals surface area contributed by atoms with E-state index in [1.807, 2.05) is 0 Å². The molecule has 7 nitrogen and oxygen atoms in total. The average molecular weight is 198 g/mol. The predicted octanol–water partition coefficient (Wildman–Crippen LogP) is -0.158.